The van der Waals surface area contributed by atoms with Gasteiger partial charge < -0.3 is 5.32 Å². The van der Waals surface area contributed by atoms with Crippen molar-refractivity contribution in [2.24, 2.45) is 5.92 Å². The molecule has 1 N–H and O–H groups in total. The molecule has 2 nitrogen and oxygen atoms in total. The summed E-state index contributed by atoms with van der Waals surface area (Å²) in [6.07, 6.45) is 5.23. The summed E-state index contributed by atoms with van der Waals surface area (Å²) in [7, 11) is 0. The predicted octanol–water partition coefficient (Wildman–Crippen LogP) is 1.28. The maximum Gasteiger partial charge on any atom is 0.0545 e. The van der Waals surface area contributed by atoms with E-state index in [4.69, 9.17) is 6.42 Å². The van der Waals surface area contributed by atoms with Crippen molar-refractivity contribution in [2.45, 2.75) is 19.9 Å². The summed E-state index contributed by atoms with van der Waals surface area (Å²) in [4.78, 5) is 2.60. The van der Waals surface area contributed by atoms with E-state index in [1.807, 2.05) is 11.8 Å². The smallest absolute Gasteiger partial charge is 0.0545 e. The third-order valence-corrected chi connectivity index (χ3v) is 3.72. The van der Waals surface area contributed by atoms with Gasteiger partial charge in [0.05, 0.1) is 5.75 Å². The first-order valence-electron chi connectivity index (χ1n) is 5.71. The highest BCUT2D eigenvalue weighted by molar-refractivity contribution is 7.99. The largest absolute Gasteiger partial charge is 0.314 e. The van der Waals surface area contributed by atoms with Crippen LogP contribution in [-0.2, 0) is 0 Å². The van der Waals surface area contributed by atoms with Crippen LogP contribution in [-0.4, -0.2) is 48.6 Å². The van der Waals surface area contributed by atoms with Gasteiger partial charge in [0, 0.05) is 38.0 Å². The van der Waals surface area contributed by atoms with Crippen LogP contribution in [0.25, 0.3) is 0 Å². The Hall–Kier alpha value is -0.170. The first-order valence-corrected chi connectivity index (χ1v) is 6.87. The van der Waals surface area contributed by atoms with Gasteiger partial charge in [-0.25, -0.2) is 0 Å². The minimum absolute atomic E-state index is 0.699. The quantitative estimate of drug-likeness (QED) is 0.562. The Bertz CT molecular complexity index is 210. The molecule has 3 heteroatoms. The SMILES string of the molecule is C#CCSCCN1CCNCC1C(C)C. The molecular weight excluding hydrogens is 204 g/mol. The molecule has 1 aliphatic rings. The highest BCUT2D eigenvalue weighted by atomic mass is 32.2. The zero-order valence-corrected chi connectivity index (χ0v) is 10.6. The molecule has 0 aromatic rings. The second-order valence-electron chi connectivity index (χ2n) is 4.31. The van der Waals surface area contributed by atoms with Gasteiger partial charge in [0.15, 0.2) is 0 Å². The van der Waals surface area contributed by atoms with Gasteiger partial charge in [-0.1, -0.05) is 19.8 Å². The van der Waals surface area contributed by atoms with Gasteiger partial charge in [-0.15, -0.1) is 18.2 Å². The molecule has 0 aliphatic carbocycles. The number of terminal acetylenes is 1. The predicted molar refractivity (Wildman–Crippen MR) is 69.2 cm³/mol. The normalized spacial score (nSPS) is 22.9. The number of thioether (sulfide) groups is 1. The first-order chi connectivity index (χ1) is 7.25. The maximum absolute atomic E-state index is 5.23. The topological polar surface area (TPSA) is 15.3 Å². The summed E-state index contributed by atoms with van der Waals surface area (Å²) in [5, 5.41) is 3.47. The summed E-state index contributed by atoms with van der Waals surface area (Å²) < 4.78 is 0. The van der Waals surface area contributed by atoms with Crippen LogP contribution in [0.3, 0.4) is 0 Å². The van der Waals surface area contributed by atoms with E-state index in [1.165, 1.54) is 13.1 Å². The summed E-state index contributed by atoms with van der Waals surface area (Å²) >= 11 is 1.86. The third kappa shape index (κ3) is 4.46. The fourth-order valence-electron chi connectivity index (χ4n) is 2.02. The van der Waals surface area contributed by atoms with Crippen molar-refractivity contribution < 1.29 is 0 Å². The van der Waals surface area contributed by atoms with E-state index in [9.17, 15) is 0 Å². The number of nitrogens with one attached hydrogen (secondary N) is 1. The molecule has 15 heavy (non-hydrogen) atoms. The van der Waals surface area contributed by atoms with Crippen molar-refractivity contribution in [1.29, 1.82) is 0 Å². The minimum Gasteiger partial charge on any atom is -0.314 e. The monoisotopic (exact) mass is 226 g/mol. The van der Waals surface area contributed by atoms with Crippen molar-refractivity contribution in [1.82, 2.24) is 10.2 Å². The molecule has 1 fully saturated rings. The molecule has 0 aromatic heterocycles. The standard InChI is InChI=1S/C12H22N2S/c1-4-8-15-9-7-14-6-5-13-10-12(14)11(2)3/h1,11-13H,5-10H2,2-3H3. The Morgan fingerprint density at radius 3 is 3.07 bits per heavy atom. The molecule has 1 saturated heterocycles. The van der Waals surface area contributed by atoms with Gasteiger partial charge in [0.1, 0.15) is 0 Å². The van der Waals surface area contributed by atoms with Crippen molar-refractivity contribution in [3.05, 3.63) is 0 Å². The maximum atomic E-state index is 5.23. The number of hydrogen-bond acceptors (Lipinski definition) is 3. The van der Waals surface area contributed by atoms with Crippen LogP contribution in [0.2, 0.25) is 0 Å². The van der Waals surface area contributed by atoms with Crippen LogP contribution in [0.4, 0.5) is 0 Å². The Kier molecular flexibility index (Phi) is 6.16. The van der Waals surface area contributed by atoms with E-state index < -0.39 is 0 Å². The van der Waals surface area contributed by atoms with Crippen LogP contribution >= 0.6 is 11.8 Å². The molecule has 1 atom stereocenters. The van der Waals surface area contributed by atoms with Crippen molar-refractivity contribution in [3.63, 3.8) is 0 Å². The molecule has 86 valence electrons. The van der Waals surface area contributed by atoms with E-state index in [0.717, 1.165) is 30.5 Å². The number of nitrogens with zero attached hydrogens (tertiary/aromatic N) is 1. The molecule has 0 aromatic carbocycles. The minimum atomic E-state index is 0.699. The molecule has 1 unspecified atom stereocenters. The van der Waals surface area contributed by atoms with E-state index in [1.54, 1.807) is 0 Å². The zero-order chi connectivity index (χ0) is 11.1. The average Bonchev–Trinajstić information content (AvgIpc) is 2.25. The second kappa shape index (κ2) is 7.16. The van der Waals surface area contributed by atoms with Gasteiger partial charge in [-0.3, -0.25) is 4.90 Å². The summed E-state index contributed by atoms with van der Waals surface area (Å²) in [6.45, 7) is 9.23. The van der Waals surface area contributed by atoms with E-state index in [2.05, 4.69) is 30.0 Å². The Morgan fingerprint density at radius 2 is 2.40 bits per heavy atom. The lowest BCUT2D eigenvalue weighted by atomic mass is 10.0. The Balaban J connectivity index is 2.27. The van der Waals surface area contributed by atoms with Gasteiger partial charge in [-0.05, 0) is 5.92 Å². The van der Waals surface area contributed by atoms with Gasteiger partial charge in [0.25, 0.3) is 0 Å². The van der Waals surface area contributed by atoms with E-state index in [-0.39, 0.29) is 0 Å². The number of piperazine rings is 1. The lowest BCUT2D eigenvalue weighted by Gasteiger charge is -2.38. The Labute approximate surface area is 98.2 Å². The summed E-state index contributed by atoms with van der Waals surface area (Å²) in [5.74, 6) is 5.41. The fraction of sp³-hybridized carbons (Fsp3) is 0.833. The molecule has 1 rings (SSSR count). The van der Waals surface area contributed by atoms with E-state index in [0.29, 0.717) is 6.04 Å². The highest BCUT2D eigenvalue weighted by Crippen LogP contribution is 2.13. The molecular formula is C12H22N2S. The molecule has 0 bridgehead atoms. The van der Waals surface area contributed by atoms with Crippen molar-refractivity contribution >= 4 is 11.8 Å². The first kappa shape index (κ1) is 12.9. The third-order valence-electron chi connectivity index (χ3n) is 2.88. The Morgan fingerprint density at radius 1 is 1.60 bits per heavy atom. The number of rotatable bonds is 5. The summed E-state index contributed by atoms with van der Waals surface area (Å²) in [6, 6.07) is 0.699. The fourth-order valence-corrected chi connectivity index (χ4v) is 2.64. The van der Waals surface area contributed by atoms with Crippen LogP contribution in [0, 0.1) is 18.3 Å². The van der Waals surface area contributed by atoms with Crippen LogP contribution in [0.1, 0.15) is 13.8 Å². The van der Waals surface area contributed by atoms with Gasteiger partial charge in [-0.2, -0.15) is 0 Å². The van der Waals surface area contributed by atoms with Gasteiger partial charge in [0.2, 0.25) is 0 Å². The van der Waals surface area contributed by atoms with Crippen LogP contribution in [0.15, 0.2) is 0 Å². The number of hydrogen-bond donors (Lipinski definition) is 1. The molecule has 1 heterocycles. The average molecular weight is 226 g/mol. The molecule has 1 aliphatic heterocycles. The lowest BCUT2D eigenvalue weighted by molar-refractivity contribution is 0.133. The van der Waals surface area contributed by atoms with Crippen molar-refractivity contribution in [3.8, 4) is 12.3 Å². The lowest BCUT2D eigenvalue weighted by Crippen LogP contribution is -2.54. The van der Waals surface area contributed by atoms with Gasteiger partial charge >= 0.3 is 0 Å². The summed E-state index contributed by atoms with van der Waals surface area (Å²) in [5.41, 5.74) is 0. The second-order valence-corrected chi connectivity index (χ2v) is 5.41. The molecule has 0 radical (unpaired) electrons. The molecule has 0 amide bonds. The molecule has 0 spiro atoms. The highest BCUT2D eigenvalue weighted by Gasteiger charge is 2.23. The van der Waals surface area contributed by atoms with Crippen molar-refractivity contribution in [2.75, 3.05) is 37.7 Å². The zero-order valence-electron chi connectivity index (χ0n) is 9.83. The van der Waals surface area contributed by atoms with Crippen LogP contribution < -0.4 is 5.32 Å². The molecule has 0 saturated carbocycles. The van der Waals surface area contributed by atoms with E-state index >= 15 is 0 Å². The van der Waals surface area contributed by atoms with Crippen LogP contribution in [0.5, 0.6) is 0 Å².